The summed E-state index contributed by atoms with van der Waals surface area (Å²) in [6.07, 6.45) is 3.02. The minimum absolute atomic E-state index is 0. The summed E-state index contributed by atoms with van der Waals surface area (Å²) in [6.45, 7) is 4.02. The van der Waals surface area contributed by atoms with Gasteiger partial charge in [0.1, 0.15) is 18.0 Å². The number of anilines is 1. The lowest BCUT2D eigenvalue weighted by molar-refractivity contribution is 0.0366. The van der Waals surface area contributed by atoms with Crippen LogP contribution < -0.4 is 5.32 Å². The summed E-state index contributed by atoms with van der Waals surface area (Å²) >= 11 is 0. The molecule has 1 aromatic carbocycles. The van der Waals surface area contributed by atoms with Gasteiger partial charge < -0.3 is 10.1 Å². The van der Waals surface area contributed by atoms with Crippen molar-refractivity contribution in [2.24, 2.45) is 0 Å². The lowest BCUT2D eigenvalue weighted by Crippen LogP contribution is -2.24. The van der Waals surface area contributed by atoms with Gasteiger partial charge in [-0.05, 0) is 49.7 Å². The molecule has 2 aromatic heterocycles. The molecule has 6 nitrogen and oxygen atoms in total. The third-order valence-corrected chi connectivity index (χ3v) is 4.20. The van der Waals surface area contributed by atoms with E-state index in [9.17, 15) is 10.1 Å². The number of carbonyl (C=O) groups excluding carboxylic acids is 1. The summed E-state index contributed by atoms with van der Waals surface area (Å²) in [4.78, 5) is 20.7. The van der Waals surface area contributed by atoms with Crippen molar-refractivity contribution in [1.29, 1.82) is 5.26 Å². The van der Waals surface area contributed by atoms with Crippen LogP contribution in [0.15, 0.2) is 60.9 Å². The van der Waals surface area contributed by atoms with Crippen molar-refractivity contribution in [3.63, 3.8) is 0 Å². The number of aromatic nitrogens is 2. The van der Waals surface area contributed by atoms with E-state index in [2.05, 4.69) is 21.4 Å². The van der Waals surface area contributed by atoms with Crippen LogP contribution >= 0.6 is 12.4 Å². The van der Waals surface area contributed by atoms with E-state index in [0.717, 1.165) is 16.8 Å². The van der Waals surface area contributed by atoms with Gasteiger partial charge in [-0.25, -0.2) is 9.78 Å². The molecule has 0 saturated heterocycles. The zero-order valence-corrected chi connectivity index (χ0v) is 16.9. The molecule has 0 saturated carbocycles. The summed E-state index contributed by atoms with van der Waals surface area (Å²) in [6, 6.07) is 16.6. The molecule has 0 bridgehead atoms. The van der Waals surface area contributed by atoms with E-state index in [-0.39, 0.29) is 24.5 Å². The summed E-state index contributed by atoms with van der Waals surface area (Å²) in [5, 5.41) is 12.6. The molecule has 0 fully saturated rings. The van der Waals surface area contributed by atoms with E-state index in [0.29, 0.717) is 23.5 Å². The number of esters is 1. The van der Waals surface area contributed by atoms with Crippen molar-refractivity contribution < 1.29 is 9.53 Å². The van der Waals surface area contributed by atoms with Crippen LogP contribution in [0, 0.1) is 18.3 Å². The van der Waals surface area contributed by atoms with Gasteiger partial charge in [0.05, 0.1) is 17.7 Å². The van der Waals surface area contributed by atoms with Crippen LogP contribution in [0.5, 0.6) is 0 Å². The van der Waals surface area contributed by atoms with Crippen LogP contribution in [0.25, 0.3) is 11.1 Å². The van der Waals surface area contributed by atoms with Crippen LogP contribution in [-0.4, -0.2) is 28.6 Å². The van der Waals surface area contributed by atoms with E-state index in [1.807, 2.05) is 25.1 Å². The number of carbonyl (C=O) groups is 1. The first-order valence-electron chi connectivity index (χ1n) is 8.90. The largest absolute Gasteiger partial charge is 0.457 e. The van der Waals surface area contributed by atoms with Crippen LogP contribution in [0.4, 0.5) is 5.82 Å². The Hall–Kier alpha value is -3.43. The molecule has 0 aliphatic rings. The van der Waals surface area contributed by atoms with Crippen molar-refractivity contribution in [1.82, 2.24) is 9.97 Å². The Morgan fingerprint density at radius 3 is 2.55 bits per heavy atom. The number of nitrogens with one attached hydrogen (secondary N) is 1. The molecule has 29 heavy (non-hydrogen) atoms. The van der Waals surface area contributed by atoms with Crippen molar-refractivity contribution in [2.75, 3.05) is 11.9 Å². The molecule has 1 unspecified atom stereocenters. The Labute approximate surface area is 176 Å². The highest BCUT2D eigenvalue weighted by molar-refractivity contribution is 5.89. The third kappa shape index (κ3) is 5.53. The lowest BCUT2D eigenvalue weighted by Gasteiger charge is -2.16. The number of pyridine rings is 2. The number of ether oxygens (including phenoxy) is 1. The molecule has 3 rings (SSSR count). The highest BCUT2D eigenvalue weighted by atomic mass is 35.5. The lowest BCUT2D eigenvalue weighted by atomic mass is 10.0. The molecular weight excluding hydrogens is 388 g/mol. The van der Waals surface area contributed by atoms with E-state index in [1.165, 1.54) is 0 Å². The van der Waals surface area contributed by atoms with Crippen molar-refractivity contribution in [2.45, 2.75) is 20.0 Å². The molecule has 0 spiro atoms. The Morgan fingerprint density at radius 1 is 1.21 bits per heavy atom. The van der Waals surface area contributed by atoms with Gasteiger partial charge in [0.2, 0.25) is 0 Å². The predicted octanol–water partition coefficient (Wildman–Crippen LogP) is 4.40. The van der Waals surface area contributed by atoms with E-state index >= 15 is 0 Å². The van der Waals surface area contributed by atoms with Crippen LogP contribution in [0.1, 0.15) is 28.5 Å². The number of benzene rings is 1. The molecule has 2 heterocycles. The molecule has 0 aliphatic heterocycles. The van der Waals surface area contributed by atoms with Crippen LogP contribution in [0.3, 0.4) is 0 Å². The Bertz CT molecular complexity index is 1000. The van der Waals surface area contributed by atoms with Gasteiger partial charge in [-0.2, -0.15) is 5.26 Å². The fourth-order valence-corrected chi connectivity index (χ4v) is 2.76. The molecule has 148 valence electrons. The first-order chi connectivity index (χ1) is 13.6. The molecule has 3 aromatic rings. The number of nitriles is 1. The molecular formula is C22H21ClN4O2. The number of nitrogens with zero attached hydrogens (tertiary/aromatic N) is 3. The highest BCUT2D eigenvalue weighted by Crippen LogP contribution is 2.26. The van der Waals surface area contributed by atoms with Crippen molar-refractivity contribution in [3.05, 3.63) is 77.7 Å². The summed E-state index contributed by atoms with van der Waals surface area (Å²) in [5.74, 6) is 0.0907. The maximum Gasteiger partial charge on any atom is 0.338 e. The quantitative estimate of drug-likeness (QED) is 0.608. The number of rotatable bonds is 6. The van der Waals surface area contributed by atoms with Gasteiger partial charge in [-0.1, -0.05) is 18.2 Å². The van der Waals surface area contributed by atoms with E-state index < -0.39 is 0 Å². The van der Waals surface area contributed by atoms with Gasteiger partial charge in [0.15, 0.2) is 0 Å². The molecule has 1 N–H and O–H groups in total. The zero-order valence-electron chi connectivity index (χ0n) is 16.1. The van der Waals surface area contributed by atoms with Gasteiger partial charge in [-0.3, -0.25) is 4.98 Å². The van der Waals surface area contributed by atoms with Gasteiger partial charge in [-0.15, -0.1) is 12.4 Å². The summed E-state index contributed by atoms with van der Waals surface area (Å²) in [5.41, 5.74) is 3.56. The summed E-state index contributed by atoms with van der Waals surface area (Å²) < 4.78 is 5.44. The molecule has 1 atom stereocenters. The predicted molar refractivity (Wildman–Crippen MR) is 114 cm³/mol. The number of hydrogen-bond donors (Lipinski definition) is 1. The second-order valence-electron chi connectivity index (χ2n) is 6.33. The van der Waals surface area contributed by atoms with Gasteiger partial charge >= 0.3 is 5.97 Å². The zero-order chi connectivity index (χ0) is 19.9. The molecule has 0 radical (unpaired) electrons. The molecule has 0 aliphatic carbocycles. The first-order valence-corrected chi connectivity index (χ1v) is 8.90. The maximum absolute atomic E-state index is 12.1. The third-order valence-electron chi connectivity index (χ3n) is 4.20. The number of halogens is 1. The SMILES string of the molecule is Cc1nc(NCC(C)OC(=O)c2ccccc2)c(C#N)cc1-c1ccncc1.Cl. The van der Waals surface area contributed by atoms with E-state index in [4.69, 9.17) is 4.74 Å². The maximum atomic E-state index is 12.1. The van der Waals surface area contributed by atoms with Crippen molar-refractivity contribution >= 4 is 24.2 Å². The van der Waals surface area contributed by atoms with Crippen LogP contribution in [-0.2, 0) is 4.74 Å². The van der Waals surface area contributed by atoms with Gasteiger partial charge in [0, 0.05) is 23.7 Å². The first kappa shape index (κ1) is 21.9. The Balaban J connectivity index is 0.00000300. The van der Waals surface area contributed by atoms with Crippen molar-refractivity contribution in [3.8, 4) is 17.2 Å². The highest BCUT2D eigenvalue weighted by Gasteiger charge is 2.14. The smallest absolute Gasteiger partial charge is 0.338 e. The Morgan fingerprint density at radius 2 is 1.90 bits per heavy atom. The minimum Gasteiger partial charge on any atom is -0.457 e. The normalized spacial score (nSPS) is 10.9. The van der Waals surface area contributed by atoms with Crippen LogP contribution in [0.2, 0.25) is 0 Å². The monoisotopic (exact) mass is 408 g/mol. The minimum atomic E-state index is -0.388. The number of hydrogen-bond acceptors (Lipinski definition) is 6. The average molecular weight is 409 g/mol. The Kier molecular flexibility index (Phi) is 7.70. The topological polar surface area (TPSA) is 87.9 Å². The second-order valence-corrected chi connectivity index (χ2v) is 6.33. The standard InChI is InChI=1S/C22H20N4O2.ClH/c1-15(28-22(27)18-6-4-3-5-7-18)14-25-21-19(13-23)12-20(16(2)26-21)17-8-10-24-11-9-17;/h3-12,15H,14H2,1-2H3,(H,25,26);1H. The second kappa shape index (κ2) is 10.2. The fraction of sp³-hybridized carbons (Fsp3) is 0.182. The van der Waals surface area contributed by atoms with E-state index in [1.54, 1.807) is 49.6 Å². The molecule has 7 heteroatoms. The number of aryl methyl sites for hydroxylation is 1. The average Bonchev–Trinajstić information content (AvgIpc) is 2.73. The fourth-order valence-electron chi connectivity index (χ4n) is 2.76. The van der Waals surface area contributed by atoms with Gasteiger partial charge in [0.25, 0.3) is 0 Å². The summed E-state index contributed by atoms with van der Waals surface area (Å²) in [7, 11) is 0. The molecule has 0 amide bonds.